The molecule has 0 radical (unpaired) electrons. The quantitative estimate of drug-likeness (QED) is 0.368. The Hall–Kier alpha value is -0.123. The molecule has 0 amide bonds. The van der Waals surface area contributed by atoms with Gasteiger partial charge in [0.25, 0.3) is 0 Å². The predicted octanol–water partition coefficient (Wildman–Crippen LogP) is 4.98. The zero-order valence-corrected chi connectivity index (χ0v) is 13.8. The van der Waals surface area contributed by atoms with E-state index >= 15 is 0 Å². The van der Waals surface area contributed by atoms with Gasteiger partial charge in [-0.25, -0.2) is 0 Å². The van der Waals surface area contributed by atoms with Crippen LogP contribution in [-0.4, -0.2) is 22.8 Å². The lowest BCUT2D eigenvalue weighted by Gasteiger charge is -2.17. The molecule has 3 heteroatoms. The first-order chi connectivity index (χ1) is 8.68. The minimum Gasteiger partial charge on any atom is -0.395 e. The van der Waals surface area contributed by atoms with Crippen LogP contribution in [0.1, 0.15) is 64.7 Å². The van der Waals surface area contributed by atoms with Gasteiger partial charge in [0.05, 0.1) is 0 Å². The van der Waals surface area contributed by atoms with Gasteiger partial charge in [0.2, 0.25) is 0 Å². The lowest BCUT2D eigenvalue weighted by Crippen LogP contribution is -2.33. The van der Waals surface area contributed by atoms with Gasteiger partial charge in [0, 0.05) is 14.2 Å². The van der Waals surface area contributed by atoms with E-state index in [4.69, 9.17) is 8.85 Å². The minimum atomic E-state index is -1.97. The Bertz CT molecular complexity index is 201. The van der Waals surface area contributed by atoms with Crippen LogP contribution < -0.4 is 0 Å². The molecule has 0 bridgehead atoms. The molecule has 0 aromatic carbocycles. The van der Waals surface area contributed by atoms with Crippen molar-refractivity contribution in [3.63, 3.8) is 0 Å². The number of rotatable bonds is 12. The van der Waals surface area contributed by atoms with Crippen LogP contribution in [-0.2, 0) is 8.85 Å². The molecular weight excluding hydrogens is 240 g/mol. The monoisotopic (exact) mass is 272 g/mol. The molecule has 0 heterocycles. The third kappa shape index (κ3) is 9.86. The minimum absolute atomic E-state index is 1.16. The van der Waals surface area contributed by atoms with Crippen LogP contribution in [0.2, 0.25) is 6.55 Å². The summed E-state index contributed by atoms with van der Waals surface area (Å²) >= 11 is 0. The van der Waals surface area contributed by atoms with E-state index in [-0.39, 0.29) is 0 Å². The summed E-state index contributed by atoms with van der Waals surface area (Å²) in [5.74, 6) is 0. The zero-order valence-electron chi connectivity index (χ0n) is 12.8. The fourth-order valence-electron chi connectivity index (χ4n) is 1.91. The molecule has 0 aromatic heterocycles. The predicted molar refractivity (Wildman–Crippen MR) is 82.0 cm³/mol. The number of allylic oxidation sites excluding steroid dienone is 1. The molecule has 0 spiro atoms. The molecule has 0 unspecified atom stereocenters. The van der Waals surface area contributed by atoms with Gasteiger partial charge in [0.15, 0.2) is 0 Å². The molecule has 0 aliphatic heterocycles. The summed E-state index contributed by atoms with van der Waals surface area (Å²) in [4.78, 5) is 0. The lowest BCUT2D eigenvalue weighted by atomic mass is 10.1. The summed E-state index contributed by atoms with van der Waals surface area (Å²) in [6.07, 6.45) is 14.4. The van der Waals surface area contributed by atoms with E-state index in [2.05, 4.69) is 25.2 Å². The Balaban J connectivity index is 3.37. The summed E-state index contributed by atoms with van der Waals surface area (Å²) < 4.78 is 10.8. The molecule has 0 aliphatic rings. The summed E-state index contributed by atoms with van der Waals surface area (Å²) in [7, 11) is 1.50. The average Bonchev–Trinajstić information content (AvgIpc) is 2.40. The first kappa shape index (κ1) is 17.9. The van der Waals surface area contributed by atoms with Crippen LogP contribution in [0.4, 0.5) is 0 Å². The van der Waals surface area contributed by atoms with Crippen LogP contribution in [0.3, 0.4) is 0 Å². The molecule has 0 fully saturated rings. The van der Waals surface area contributed by atoms with Crippen molar-refractivity contribution < 1.29 is 8.85 Å². The van der Waals surface area contributed by atoms with Gasteiger partial charge in [-0.15, -0.1) is 0 Å². The van der Waals surface area contributed by atoms with E-state index in [1.54, 1.807) is 14.2 Å². The molecule has 108 valence electrons. The van der Waals surface area contributed by atoms with Crippen molar-refractivity contribution in [3.05, 3.63) is 11.8 Å². The van der Waals surface area contributed by atoms with Crippen LogP contribution in [0.15, 0.2) is 11.8 Å². The van der Waals surface area contributed by atoms with Gasteiger partial charge < -0.3 is 8.85 Å². The van der Waals surface area contributed by atoms with Crippen molar-refractivity contribution in [3.8, 4) is 0 Å². The molecule has 0 N–H and O–H groups in total. The third-order valence-corrected chi connectivity index (χ3v) is 5.92. The summed E-state index contributed by atoms with van der Waals surface area (Å²) in [5.41, 5.74) is 2.15. The van der Waals surface area contributed by atoms with Gasteiger partial charge in [0.1, 0.15) is 0 Å². The standard InChI is InChI=1S/C15H32O2Si/c1-5-6-7-8-9-10-11-12-13-14-15-18(4,16-2)17-3/h14-15H,5-13H2,1-4H3. The first-order valence-corrected chi connectivity index (χ1v) is 9.86. The van der Waals surface area contributed by atoms with Crippen LogP contribution in [0.25, 0.3) is 0 Å². The normalized spacial score (nSPS) is 12.4. The van der Waals surface area contributed by atoms with Crippen molar-refractivity contribution in [2.75, 3.05) is 14.2 Å². The molecule has 0 atom stereocenters. The van der Waals surface area contributed by atoms with Crippen molar-refractivity contribution >= 4 is 8.56 Å². The van der Waals surface area contributed by atoms with Crippen LogP contribution >= 0.6 is 0 Å². The number of hydrogen-bond donors (Lipinski definition) is 0. The van der Waals surface area contributed by atoms with E-state index in [1.165, 1.54) is 51.4 Å². The molecule has 0 aliphatic carbocycles. The fraction of sp³-hybridized carbons (Fsp3) is 0.867. The second-order valence-corrected chi connectivity index (χ2v) is 8.27. The SMILES string of the molecule is CCCCCCCCCCC=C[Si](C)(OC)OC. The smallest absolute Gasteiger partial charge is 0.360 e. The van der Waals surface area contributed by atoms with Crippen molar-refractivity contribution in [2.24, 2.45) is 0 Å². The average molecular weight is 273 g/mol. The molecule has 18 heavy (non-hydrogen) atoms. The third-order valence-electron chi connectivity index (χ3n) is 3.46. The molecule has 0 saturated carbocycles. The second-order valence-electron chi connectivity index (χ2n) is 5.09. The van der Waals surface area contributed by atoms with Crippen LogP contribution in [0, 0.1) is 0 Å². The number of hydrogen-bond acceptors (Lipinski definition) is 2. The molecule has 0 aromatic rings. The van der Waals surface area contributed by atoms with Gasteiger partial charge in [-0.3, -0.25) is 0 Å². The summed E-state index contributed by atoms with van der Waals surface area (Å²) in [6, 6.07) is 0. The maximum Gasteiger partial charge on any atom is 0.360 e. The Morgan fingerprint density at radius 3 is 1.83 bits per heavy atom. The molecule has 0 rings (SSSR count). The molecule has 0 saturated heterocycles. The highest BCUT2D eigenvalue weighted by Gasteiger charge is 2.23. The Labute approximate surface area is 115 Å². The first-order valence-electron chi connectivity index (χ1n) is 7.46. The van der Waals surface area contributed by atoms with Crippen molar-refractivity contribution in [1.29, 1.82) is 0 Å². The maximum absolute atomic E-state index is 5.40. The van der Waals surface area contributed by atoms with E-state index in [0.717, 1.165) is 6.42 Å². The molecule has 2 nitrogen and oxygen atoms in total. The van der Waals surface area contributed by atoms with Gasteiger partial charge in [-0.05, 0) is 25.1 Å². The second kappa shape index (κ2) is 11.9. The highest BCUT2D eigenvalue weighted by molar-refractivity contribution is 6.71. The molecular formula is C15H32O2Si. The number of unbranched alkanes of at least 4 members (excludes halogenated alkanes) is 8. The lowest BCUT2D eigenvalue weighted by molar-refractivity contribution is 0.264. The fourth-order valence-corrected chi connectivity index (χ4v) is 2.95. The van der Waals surface area contributed by atoms with Gasteiger partial charge >= 0.3 is 8.56 Å². The van der Waals surface area contributed by atoms with Crippen molar-refractivity contribution in [2.45, 2.75) is 71.3 Å². The Kier molecular flexibility index (Phi) is 11.9. The maximum atomic E-state index is 5.40. The van der Waals surface area contributed by atoms with E-state index in [9.17, 15) is 0 Å². The zero-order chi connectivity index (χ0) is 13.7. The van der Waals surface area contributed by atoms with Gasteiger partial charge in [-0.2, -0.15) is 0 Å². The summed E-state index contributed by atoms with van der Waals surface area (Å²) in [6.45, 7) is 4.33. The van der Waals surface area contributed by atoms with Gasteiger partial charge in [-0.1, -0.05) is 57.9 Å². The Morgan fingerprint density at radius 2 is 1.33 bits per heavy atom. The van der Waals surface area contributed by atoms with E-state index in [0.29, 0.717) is 0 Å². The van der Waals surface area contributed by atoms with E-state index in [1.807, 2.05) is 0 Å². The Morgan fingerprint density at radius 1 is 0.833 bits per heavy atom. The van der Waals surface area contributed by atoms with Crippen molar-refractivity contribution in [1.82, 2.24) is 0 Å². The topological polar surface area (TPSA) is 18.5 Å². The largest absolute Gasteiger partial charge is 0.395 e. The van der Waals surface area contributed by atoms with Crippen LogP contribution in [0.5, 0.6) is 0 Å². The highest BCUT2D eigenvalue weighted by Crippen LogP contribution is 2.11. The summed E-state index contributed by atoms with van der Waals surface area (Å²) in [5, 5.41) is 0. The highest BCUT2D eigenvalue weighted by atomic mass is 28.4. The van der Waals surface area contributed by atoms with E-state index < -0.39 is 8.56 Å².